The normalized spacial score (nSPS) is 11.1. The second kappa shape index (κ2) is 2.27. The van der Waals surface area contributed by atoms with Crippen molar-refractivity contribution in [1.29, 1.82) is 5.26 Å². The van der Waals surface area contributed by atoms with E-state index in [9.17, 15) is 0 Å². The highest BCUT2D eigenvalue weighted by molar-refractivity contribution is 5.82. The molecular formula is C12H8N2. The first kappa shape index (κ1) is 7.40. The zero-order valence-corrected chi connectivity index (χ0v) is 7.78. The fraction of sp³-hybridized carbons (Fsp3) is 0.0833. The van der Waals surface area contributed by atoms with Gasteiger partial charge in [-0.25, -0.2) is 0 Å². The van der Waals surface area contributed by atoms with Crippen LogP contribution in [0.15, 0.2) is 30.3 Å². The smallest absolute Gasteiger partial charge is 0.101 e. The summed E-state index contributed by atoms with van der Waals surface area (Å²) >= 11 is 0. The molecule has 0 amide bonds. The monoisotopic (exact) mass is 180 g/mol. The van der Waals surface area contributed by atoms with Crippen molar-refractivity contribution in [2.24, 2.45) is 0 Å². The van der Waals surface area contributed by atoms with Crippen molar-refractivity contribution in [2.75, 3.05) is 0 Å². The number of aromatic nitrogens is 1. The van der Waals surface area contributed by atoms with Gasteiger partial charge in [0, 0.05) is 5.52 Å². The Labute approximate surface area is 81.3 Å². The summed E-state index contributed by atoms with van der Waals surface area (Å²) in [6, 6.07) is 12.4. The van der Waals surface area contributed by atoms with E-state index in [2.05, 4.69) is 29.5 Å². The molecular weight excluding hydrogens is 172 g/mol. The Bertz CT molecular complexity index is 655. The van der Waals surface area contributed by atoms with Crippen molar-refractivity contribution < 1.29 is 0 Å². The predicted octanol–water partition coefficient (Wildman–Crippen LogP) is 2.71. The second-order valence-corrected chi connectivity index (χ2v) is 3.55. The van der Waals surface area contributed by atoms with Gasteiger partial charge in [-0.3, -0.25) is 0 Å². The van der Waals surface area contributed by atoms with Crippen LogP contribution >= 0.6 is 0 Å². The fourth-order valence-electron chi connectivity index (χ4n) is 2.07. The Morgan fingerprint density at radius 3 is 2.86 bits per heavy atom. The van der Waals surface area contributed by atoms with E-state index in [1.54, 1.807) is 0 Å². The summed E-state index contributed by atoms with van der Waals surface area (Å²) in [5, 5.41) is 8.97. The van der Waals surface area contributed by atoms with Crippen molar-refractivity contribution in [3.05, 3.63) is 41.5 Å². The van der Waals surface area contributed by atoms with Crippen LogP contribution in [0.1, 0.15) is 11.1 Å². The Hall–Kier alpha value is -2.01. The highest BCUT2D eigenvalue weighted by Gasteiger charge is 2.10. The van der Waals surface area contributed by atoms with E-state index in [-0.39, 0.29) is 0 Å². The largest absolute Gasteiger partial charge is 0.309 e. The molecule has 0 fully saturated rings. The molecule has 0 atom stereocenters. The minimum absolute atomic E-state index is 0.759. The Kier molecular flexibility index (Phi) is 1.20. The highest BCUT2D eigenvalue weighted by Crippen LogP contribution is 2.26. The minimum atomic E-state index is 0.759. The summed E-state index contributed by atoms with van der Waals surface area (Å²) in [5.74, 6) is 0. The molecule has 3 aromatic heterocycles. The topological polar surface area (TPSA) is 28.2 Å². The third-order valence-corrected chi connectivity index (χ3v) is 2.71. The molecule has 0 bridgehead atoms. The zero-order chi connectivity index (χ0) is 9.71. The van der Waals surface area contributed by atoms with Crippen LogP contribution in [0.3, 0.4) is 0 Å². The predicted molar refractivity (Wildman–Crippen MR) is 55.5 cm³/mol. The van der Waals surface area contributed by atoms with E-state index in [0.29, 0.717) is 0 Å². The van der Waals surface area contributed by atoms with Gasteiger partial charge in [0.25, 0.3) is 0 Å². The average Bonchev–Trinajstić information content (AvgIpc) is 2.71. The van der Waals surface area contributed by atoms with Crippen LogP contribution < -0.4 is 0 Å². The Morgan fingerprint density at radius 1 is 1.21 bits per heavy atom. The molecule has 3 heterocycles. The van der Waals surface area contributed by atoms with E-state index in [0.717, 1.165) is 22.1 Å². The van der Waals surface area contributed by atoms with Crippen LogP contribution in [0, 0.1) is 18.3 Å². The number of nitriles is 1. The molecule has 0 aromatic carbocycles. The summed E-state index contributed by atoms with van der Waals surface area (Å²) in [6.45, 7) is 2.07. The van der Waals surface area contributed by atoms with Gasteiger partial charge in [-0.2, -0.15) is 5.26 Å². The van der Waals surface area contributed by atoms with Gasteiger partial charge in [0.15, 0.2) is 0 Å². The summed E-state index contributed by atoms with van der Waals surface area (Å²) in [5.41, 5.74) is 5.30. The maximum atomic E-state index is 8.97. The van der Waals surface area contributed by atoms with Crippen LogP contribution in [-0.4, -0.2) is 4.40 Å². The number of aryl methyl sites for hydroxylation is 1. The first-order chi connectivity index (χ1) is 6.81. The lowest BCUT2D eigenvalue weighted by Crippen LogP contribution is -1.80. The molecule has 0 saturated heterocycles. The molecule has 0 radical (unpaired) electrons. The maximum Gasteiger partial charge on any atom is 0.101 e. The van der Waals surface area contributed by atoms with Crippen molar-refractivity contribution in [2.45, 2.75) is 6.92 Å². The van der Waals surface area contributed by atoms with Crippen molar-refractivity contribution in [1.82, 2.24) is 4.40 Å². The molecule has 3 rings (SSSR count). The lowest BCUT2D eigenvalue weighted by atomic mass is 10.2. The quantitative estimate of drug-likeness (QED) is 0.522. The molecule has 14 heavy (non-hydrogen) atoms. The number of nitrogens with zero attached hydrogens (tertiary/aromatic N) is 2. The van der Waals surface area contributed by atoms with Crippen LogP contribution in [0.2, 0.25) is 0 Å². The Balaban J connectivity index is 2.70. The van der Waals surface area contributed by atoms with Crippen molar-refractivity contribution >= 4 is 16.6 Å². The van der Waals surface area contributed by atoms with E-state index in [1.165, 1.54) is 5.56 Å². The van der Waals surface area contributed by atoms with Gasteiger partial charge in [0.05, 0.1) is 16.6 Å². The van der Waals surface area contributed by atoms with Gasteiger partial charge in [-0.15, -0.1) is 0 Å². The van der Waals surface area contributed by atoms with Crippen molar-refractivity contribution in [3.63, 3.8) is 0 Å². The van der Waals surface area contributed by atoms with Crippen LogP contribution in [0.5, 0.6) is 0 Å². The van der Waals surface area contributed by atoms with E-state index in [1.807, 2.05) is 18.2 Å². The van der Waals surface area contributed by atoms with Crippen LogP contribution in [0.25, 0.3) is 16.6 Å². The Morgan fingerprint density at radius 2 is 2.07 bits per heavy atom. The molecule has 2 heteroatoms. The van der Waals surface area contributed by atoms with Gasteiger partial charge in [-0.1, -0.05) is 6.07 Å². The summed E-state index contributed by atoms with van der Waals surface area (Å²) < 4.78 is 2.13. The van der Waals surface area contributed by atoms with E-state index >= 15 is 0 Å². The van der Waals surface area contributed by atoms with Gasteiger partial charge in [0.2, 0.25) is 0 Å². The highest BCUT2D eigenvalue weighted by atomic mass is 14.9. The number of rotatable bonds is 0. The average molecular weight is 180 g/mol. The van der Waals surface area contributed by atoms with Gasteiger partial charge in [-0.05, 0) is 36.8 Å². The molecule has 0 aliphatic carbocycles. The summed E-state index contributed by atoms with van der Waals surface area (Å²) in [4.78, 5) is 0. The lowest BCUT2D eigenvalue weighted by molar-refractivity contribution is 1.34. The standard InChI is InChI=1S/C12H8N2/c1-8-5-10-3-2-4-11-9(7-13)6-12(8)14(10)11/h2-6H,1H3. The number of hydrogen-bond donors (Lipinski definition) is 0. The van der Waals surface area contributed by atoms with Crippen molar-refractivity contribution in [3.8, 4) is 6.07 Å². The number of pyridine rings is 1. The van der Waals surface area contributed by atoms with Crippen LogP contribution in [0.4, 0.5) is 0 Å². The third-order valence-electron chi connectivity index (χ3n) is 2.71. The van der Waals surface area contributed by atoms with Gasteiger partial charge in [0.1, 0.15) is 6.07 Å². The zero-order valence-electron chi connectivity index (χ0n) is 7.78. The lowest BCUT2D eigenvalue weighted by Gasteiger charge is -1.94. The molecule has 0 aliphatic rings. The summed E-state index contributed by atoms with van der Waals surface area (Å²) in [6.07, 6.45) is 0. The first-order valence-electron chi connectivity index (χ1n) is 4.54. The van der Waals surface area contributed by atoms with Gasteiger partial charge >= 0.3 is 0 Å². The second-order valence-electron chi connectivity index (χ2n) is 3.55. The molecule has 0 aliphatic heterocycles. The third kappa shape index (κ3) is 0.699. The molecule has 0 spiro atoms. The fourth-order valence-corrected chi connectivity index (χ4v) is 2.07. The molecule has 0 saturated carbocycles. The summed E-state index contributed by atoms with van der Waals surface area (Å²) in [7, 11) is 0. The molecule has 3 aromatic rings. The minimum Gasteiger partial charge on any atom is -0.309 e. The van der Waals surface area contributed by atoms with Crippen LogP contribution in [-0.2, 0) is 0 Å². The first-order valence-corrected chi connectivity index (χ1v) is 4.54. The van der Waals surface area contributed by atoms with E-state index in [4.69, 9.17) is 5.26 Å². The molecule has 66 valence electrons. The molecule has 2 nitrogen and oxygen atoms in total. The van der Waals surface area contributed by atoms with Gasteiger partial charge < -0.3 is 4.40 Å². The van der Waals surface area contributed by atoms with E-state index < -0.39 is 0 Å². The number of hydrogen-bond acceptors (Lipinski definition) is 1. The maximum absolute atomic E-state index is 8.97. The SMILES string of the molecule is Cc1cc2cccc3c(C#N)cc1n23. The molecule has 0 N–H and O–H groups in total. The molecule has 0 unspecified atom stereocenters.